The largest absolute Gasteiger partial charge is 0.493 e. The van der Waals surface area contributed by atoms with Crippen LogP contribution in [-0.4, -0.2) is 58.7 Å². The molecule has 0 atom stereocenters. The van der Waals surface area contributed by atoms with Crippen LogP contribution in [0.5, 0.6) is 23.0 Å². The maximum absolute atomic E-state index is 15.3. The quantitative estimate of drug-likeness (QED) is 0.111. The van der Waals surface area contributed by atoms with Crippen molar-refractivity contribution in [1.29, 1.82) is 0 Å². The van der Waals surface area contributed by atoms with Gasteiger partial charge in [-0.2, -0.15) is 13.2 Å². The minimum atomic E-state index is -4.55. The van der Waals surface area contributed by atoms with E-state index in [0.717, 1.165) is 73.1 Å². The number of fused-ring (bicyclic) bond motifs is 1. The first-order chi connectivity index (χ1) is 24.5. The Morgan fingerprint density at radius 1 is 0.941 bits per heavy atom. The van der Waals surface area contributed by atoms with Crippen molar-refractivity contribution in [2.75, 3.05) is 38.7 Å². The van der Waals surface area contributed by atoms with Gasteiger partial charge in [0.2, 0.25) is 0 Å². The van der Waals surface area contributed by atoms with Crippen LogP contribution in [0, 0.1) is 11.7 Å². The van der Waals surface area contributed by atoms with Gasteiger partial charge in [-0.15, -0.1) is 0 Å². The zero-order valence-corrected chi connectivity index (χ0v) is 27.9. The fourth-order valence-electron chi connectivity index (χ4n) is 5.80. The average molecular weight is 706 g/mol. The van der Waals surface area contributed by atoms with Crippen LogP contribution in [0.15, 0.2) is 84.0 Å². The second-order valence-corrected chi connectivity index (χ2v) is 12.3. The van der Waals surface area contributed by atoms with Crippen LogP contribution in [0.2, 0.25) is 0 Å². The predicted molar refractivity (Wildman–Crippen MR) is 183 cm³/mol. The third-order valence-corrected chi connectivity index (χ3v) is 8.68. The number of hydrogen-bond acceptors (Lipinski definition) is 8. The number of hydrogen-bond donors (Lipinski definition) is 1. The number of halogens is 4. The van der Waals surface area contributed by atoms with Gasteiger partial charge in [0.15, 0.2) is 28.8 Å². The summed E-state index contributed by atoms with van der Waals surface area (Å²) >= 11 is 0. The molecule has 0 bridgehead atoms. The number of rotatable bonds is 11. The lowest BCUT2D eigenvalue weighted by Crippen LogP contribution is -2.34. The lowest BCUT2D eigenvalue weighted by molar-refractivity contribution is -0.137. The maximum atomic E-state index is 15.3. The fourth-order valence-corrected chi connectivity index (χ4v) is 5.80. The van der Waals surface area contributed by atoms with E-state index in [1.807, 2.05) is 0 Å². The number of amides is 1. The van der Waals surface area contributed by atoms with Crippen molar-refractivity contribution in [3.05, 3.63) is 107 Å². The number of alkyl halides is 3. The molecule has 1 saturated heterocycles. The molecule has 1 N–H and O–H groups in total. The number of aromatic nitrogens is 3. The Hall–Kier alpha value is -5.50. The Balaban J connectivity index is 1.13. The molecule has 3 aromatic carbocycles. The molecule has 0 saturated carbocycles. The molecule has 14 heteroatoms. The Bertz CT molecular complexity index is 2080. The molecule has 0 radical (unpaired) electrons. The van der Waals surface area contributed by atoms with Crippen LogP contribution in [0.4, 0.5) is 23.2 Å². The van der Waals surface area contributed by atoms with Gasteiger partial charge in [0.05, 0.1) is 24.8 Å². The van der Waals surface area contributed by atoms with Crippen molar-refractivity contribution < 1.29 is 36.6 Å². The van der Waals surface area contributed by atoms with Crippen molar-refractivity contribution in [1.82, 2.24) is 19.4 Å². The number of nitrogens with one attached hydrogen (secondary N) is 1. The second-order valence-electron chi connectivity index (χ2n) is 12.3. The average Bonchev–Trinajstić information content (AvgIpc) is 3.11. The van der Waals surface area contributed by atoms with Crippen molar-refractivity contribution in [2.45, 2.75) is 32.4 Å². The van der Waals surface area contributed by atoms with Gasteiger partial charge in [-0.05, 0) is 86.8 Å². The smallest absolute Gasteiger partial charge is 0.416 e. The number of carbonyl (C=O) groups is 1. The number of benzene rings is 3. The first kappa shape index (κ1) is 35.3. The highest BCUT2D eigenvalue weighted by molar-refractivity contribution is 6.02. The van der Waals surface area contributed by atoms with E-state index in [-0.39, 0.29) is 17.1 Å². The van der Waals surface area contributed by atoms with Gasteiger partial charge < -0.3 is 24.4 Å². The van der Waals surface area contributed by atoms with E-state index >= 15 is 4.39 Å². The van der Waals surface area contributed by atoms with E-state index in [1.54, 1.807) is 18.2 Å². The predicted octanol–water partition coefficient (Wildman–Crippen LogP) is 7.49. The molecule has 1 aliphatic rings. The molecule has 0 unspecified atom stereocenters. The SMILES string of the molecule is COc1cc2c(Oc3ccc(NC(=O)c4nccn(-c5ccc(C(F)(F)F)cc5)c4=O)cc3F)ccnc2cc1OCCCN1CCC(C)CC1. The van der Waals surface area contributed by atoms with Gasteiger partial charge in [0.1, 0.15) is 5.75 Å². The molecule has 1 amide bonds. The molecule has 51 heavy (non-hydrogen) atoms. The van der Waals surface area contributed by atoms with Gasteiger partial charge in [-0.25, -0.2) is 9.37 Å². The van der Waals surface area contributed by atoms with E-state index in [0.29, 0.717) is 34.8 Å². The van der Waals surface area contributed by atoms with Crippen molar-refractivity contribution in [2.24, 2.45) is 5.92 Å². The summed E-state index contributed by atoms with van der Waals surface area (Å²) in [6.45, 7) is 5.97. The number of pyridine rings is 1. The molecular weight excluding hydrogens is 670 g/mol. The molecule has 0 spiro atoms. The molecular formula is C37H35F4N5O5. The molecule has 0 aliphatic carbocycles. The third kappa shape index (κ3) is 8.28. The fraction of sp³-hybridized carbons (Fsp3) is 0.297. The lowest BCUT2D eigenvalue weighted by atomic mass is 9.99. The van der Waals surface area contributed by atoms with Crippen molar-refractivity contribution >= 4 is 22.5 Å². The normalized spacial score (nSPS) is 14.0. The maximum Gasteiger partial charge on any atom is 0.416 e. The molecule has 6 rings (SSSR count). The highest BCUT2D eigenvalue weighted by Gasteiger charge is 2.30. The minimum Gasteiger partial charge on any atom is -0.493 e. The number of anilines is 1. The van der Waals surface area contributed by atoms with Crippen LogP contribution in [0.1, 0.15) is 42.2 Å². The minimum absolute atomic E-state index is 0.00822. The van der Waals surface area contributed by atoms with E-state index in [4.69, 9.17) is 14.2 Å². The van der Waals surface area contributed by atoms with E-state index in [1.165, 1.54) is 44.5 Å². The summed E-state index contributed by atoms with van der Waals surface area (Å²) < 4.78 is 72.7. The monoisotopic (exact) mass is 705 g/mol. The van der Waals surface area contributed by atoms with Gasteiger partial charge >= 0.3 is 6.18 Å². The molecule has 266 valence electrons. The summed E-state index contributed by atoms with van der Waals surface area (Å²) in [4.78, 5) is 36.7. The van der Waals surface area contributed by atoms with Gasteiger partial charge in [-0.1, -0.05) is 6.92 Å². The summed E-state index contributed by atoms with van der Waals surface area (Å²) in [6.07, 6.45) is 2.66. The summed E-state index contributed by atoms with van der Waals surface area (Å²) in [7, 11) is 1.53. The Morgan fingerprint density at radius 2 is 1.71 bits per heavy atom. The first-order valence-corrected chi connectivity index (χ1v) is 16.4. The molecule has 1 fully saturated rings. The number of methoxy groups -OCH3 is 1. The van der Waals surface area contributed by atoms with Crippen LogP contribution >= 0.6 is 0 Å². The molecule has 10 nitrogen and oxygen atoms in total. The van der Waals surface area contributed by atoms with E-state index in [9.17, 15) is 22.8 Å². The Morgan fingerprint density at radius 3 is 2.41 bits per heavy atom. The topological polar surface area (TPSA) is 108 Å². The summed E-state index contributed by atoms with van der Waals surface area (Å²) in [6, 6.07) is 12.6. The summed E-state index contributed by atoms with van der Waals surface area (Å²) in [5, 5.41) is 2.98. The van der Waals surface area contributed by atoms with Crippen LogP contribution in [0.3, 0.4) is 0 Å². The van der Waals surface area contributed by atoms with Gasteiger partial charge in [0, 0.05) is 54.0 Å². The number of ether oxygens (including phenoxy) is 3. The lowest BCUT2D eigenvalue weighted by Gasteiger charge is -2.30. The van der Waals surface area contributed by atoms with Crippen molar-refractivity contribution in [3.8, 4) is 28.7 Å². The van der Waals surface area contributed by atoms with Gasteiger partial charge in [0.25, 0.3) is 11.5 Å². The summed E-state index contributed by atoms with van der Waals surface area (Å²) in [5.74, 6) is 0.188. The number of carbonyl (C=O) groups excluding carboxylic acids is 1. The first-order valence-electron chi connectivity index (χ1n) is 16.4. The highest BCUT2D eigenvalue weighted by Crippen LogP contribution is 2.38. The van der Waals surface area contributed by atoms with E-state index in [2.05, 4.69) is 27.1 Å². The zero-order chi connectivity index (χ0) is 36.1. The van der Waals surface area contributed by atoms with Crippen molar-refractivity contribution in [3.63, 3.8) is 0 Å². The second kappa shape index (κ2) is 15.2. The van der Waals surface area contributed by atoms with Crippen LogP contribution in [-0.2, 0) is 6.18 Å². The number of likely N-dealkylation sites (tertiary alicyclic amines) is 1. The molecule has 1 aliphatic heterocycles. The third-order valence-electron chi connectivity index (χ3n) is 8.68. The summed E-state index contributed by atoms with van der Waals surface area (Å²) in [5.41, 5.74) is -1.66. The highest BCUT2D eigenvalue weighted by atomic mass is 19.4. The molecule has 2 aromatic heterocycles. The molecule has 3 heterocycles. The van der Waals surface area contributed by atoms with Crippen LogP contribution < -0.4 is 25.1 Å². The number of nitrogens with zero attached hydrogens (tertiary/aromatic N) is 4. The number of piperidine rings is 1. The van der Waals surface area contributed by atoms with Crippen LogP contribution in [0.25, 0.3) is 16.6 Å². The molecule has 5 aromatic rings. The van der Waals surface area contributed by atoms with Gasteiger partial charge in [-0.3, -0.25) is 19.1 Å². The van der Waals surface area contributed by atoms with E-state index < -0.39 is 34.7 Å². The zero-order valence-electron chi connectivity index (χ0n) is 27.9. The Labute approximate surface area is 290 Å². The standard InChI is InChI=1S/C37H35F4N5O5/c1-23-11-16-45(17-12-23)15-3-19-50-33-22-29-27(21-32(33)49-2)30(10-13-42-29)51-31-9-6-25(20-28(31)38)44-35(47)34-36(48)46(18-14-43-34)26-7-4-24(5-8-26)37(39,40)41/h4-10,13-14,18,20-23H,3,11-12,15-17,19H2,1-2H3,(H,44,47). The Kier molecular flexibility index (Phi) is 10.5.